The molecule has 1 aliphatic rings. The van der Waals surface area contributed by atoms with Crippen molar-refractivity contribution >= 4 is 29.1 Å². The standard InChI is InChI=1S/C9H16Cl2N2O/c1-6-2-3-12-7(4-6)9(14)13-5-8(10)11/h6-8,12H,2-5H2,1H3,(H,13,14). The Kier molecular flexibility index (Phi) is 4.99. The molecule has 2 unspecified atom stereocenters. The monoisotopic (exact) mass is 238 g/mol. The fourth-order valence-electron chi connectivity index (χ4n) is 1.61. The maximum absolute atomic E-state index is 11.6. The van der Waals surface area contributed by atoms with Crippen LogP contribution in [0.4, 0.5) is 0 Å². The van der Waals surface area contributed by atoms with Crippen LogP contribution in [0.25, 0.3) is 0 Å². The van der Waals surface area contributed by atoms with Crippen LogP contribution in [0, 0.1) is 5.92 Å². The minimum Gasteiger partial charge on any atom is -0.352 e. The van der Waals surface area contributed by atoms with Crippen molar-refractivity contribution in [1.29, 1.82) is 0 Å². The molecule has 1 rings (SSSR count). The summed E-state index contributed by atoms with van der Waals surface area (Å²) >= 11 is 11.0. The number of rotatable bonds is 3. The summed E-state index contributed by atoms with van der Waals surface area (Å²) in [5.41, 5.74) is 0. The number of carbonyl (C=O) groups is 1. The Bertz CT molecular complexity index is 199. The molecule has 0 aromatic rings. The molecule has 2 N–H and O–H groups in total. The van der Waals surface area contributed by atoms with Crippen LogP contribution in [0.5, 0.6) is 0 Å². The van der Waals surface area contributed by atoms with Gasteiger partial charge in [-0.2, -0.15) is 0 Å². The largest absolute Gasteiger partial charge is 0.352 e. The summed E-state index contributed by atoms with van der Waals surface area (Å²) in [5.74, 6) is 0.609. The highest BCUT2D eigenvalue weighted by Crippen LogP contribution is 2.14. The first-order valence-electron chi connectivity index (χ1n) is 4.89. The third kappa shape index (κ3) is 4.03. The van der Waals surface area contributed by atoms with Gasteiger partial charge in [0.25, 0.3) is 0 Å². The lowest BCUT2D eigenvalue weighted by atomic mass is 9.94. The van der Waals surface area contributed by atoms with Crippen LogP contribution in [0.15, 0.2) is 0 Å². The summed E-state index contributed by atoms with van der Waals surface area (Å²) in [7, 11) is 0. The van der Waals surface area contributed by atoms with Gasteiger partial charge in [-0.05, 0) is 25.3 Å². The molecule has 2 atom stereocenters. The molecule has 0 aliphatic carbocycles. The van der Waals surface area contributed by atoms with Crippen LogP contribution in [0.3, 0.4) is 0 Å². The summed E-state index contributed by atoms with van der Waals surface area (Å²) in [4.78, 5) is 11.0. The number of alkyl halides is 2. The van der Waals surface area contributed by atoms with Crippen LogP contribution in [0.2, 0.25) is 0 Å². The van der Waals surface area contributed by atoms with E-state index in [0.29, 0.717) is 12.5 Å². The Labute approximate surface area is 94.5 Å². The van der Waals surface area contributed by atoms with E-state index in [4.69, 9.17) is 23.2 Å². The molecule has 0 aromatic carbocycles. The Hall–Kier alpha value is 0.01000. The van der Waals surface area contributed by atoms with Gasteiger partial charge in [-0.1, -0.05) is 6.92 Å². The molecule has 0 bridgehead atoms. The maximum Gasteiger partial charge on any atom is 0.237 e. The first kappa shape index (κ1) is 12.1. The van der Waals surface area contributed by atoms with E-state index in [0.717, 1.165) is 19.4 Å². The SMILES string of the molecule is CC1CCNC(C(=O)NCC(Cl)Cl)C1. The zero-order valence-electron chi connectivity index (χ0n) is 8.22. The van der Waals surface area contributed by atoms with Crippen molar-refractivity contribution in [2.24, 2.45) is 5.92 Å². The number of nitrogens with one attached hydrogen (secondary N) is 2. The predicted octanol–water partition coefficient (Wildman–Crippen LogP) is 1.29. The summed E-state index contributed by atoms with van der Waals surface area (Å²) in [6.45, 7) is 3.38. The quantitative estimate of drug-likeness (QED) is 0.729. The van der Waals surface area contributed by atoms with E-state index in [9.17, 15) is 4.79 Å². The molecule has 1 saturated heterocycles. The minimum atomic E-state index is -0.528. The number of piperidine rings is 1. The number of hydrogen-bond acceptors (Lipinski definition) is 2. The van der Waals surface area contributed by atoms with E-state index in [1.807, 2.05) is 0 Å². The van der Waals surface area contributed by atoms with E-state index in [-0.39, 0.29) is 11.9 Å². The van der Waals surface area contributed by atoms with Crippen molar-refractivity contribution in [3.05, 3.63) is 0 Å². The molecule has 1 fully saturated rings. The smallest absolute Gasteiger partial charge is 0.237 e. The molecule has 0 aromatic heterocycles. The van der Waals surface area contributed by atoms with Crippen LogP contribution >= 0.6 is 23.2 Å². The molecule has 0 saturated carbocycles. The van der Waals surface area contributed by atoms with E-state index in [2.05, 4.69) is 17.6 Å². The van der Waals surface area contributed by atoms with Gasteiger partial charge in [-0.15, -0.1) is 23.2 Å². The fraction of sp³-hybridized carbons (Fsp3) is 0.889. The number of hydrogen-bond donors (Lipinski definition) is 2. The van der Waals surface area contributed by atoms with Crippen molar-refractivity contribution in [2.45, 2.75) is 30.6 Å². The van der Waals surface area contributed by atoms with Gasteiger partial charge >= 0.3 is 0 Å². The lowest BCUT2D eigenvalue weighted by Crippen LogP contribution is -2.49. The Morgan fingerprint density at radius 1 is 1.64 bits per heavy atom. The van der Waals surface area contributed by atoms with Gasteiger partial charge in [0.1, 0.15) is 4.84 Å². The maximum atomic E-state index is 11.6. The lowest BCUT2D eigenvalue weighted by Gasteiger charge is -2.27. The third-order valence-corrected chi connectivity index (χ3v) is 2.72. The topological polar surface area (TPSA) is 41.1 Å². The molecule has 5 heteroatoms. The van der Waals surface area contributed by atoms with Crippen molar-refractivity contribution in [3.8, 4) is 0 Å². The zero-order valence-corrected chi connectivity index (χ0v) is 9.74. The van der Waals surface area contributed by atoms with Gasteiger partial charge in [0, 0.05) is 6.54 Å². The minimum absolute atomic E-state index is 0.00264. The second-order valence-corrected chi connectivity index (χ2v) is 5.05. The molecule has 1 aliphatic heterocycles. The van der Waals surface area contributed by atoms with E-state index in [1.54, 1.807) is 0 Å². The summed E-state index contributed by atoms with van der Waals surface area (Å²) in [6.07, 6.45) is 2.03. The second kappa shape index (κ2) is 5.79. The molecule has 82 valence electrons. The highest BCUT2D eigenvalue weighted by Gasteiger charge is 2.24. The van der Waals surface area contributed by atoms with Gasteiger partial charge in [0.15, 0.2) is 0 Å². The Morgan fingerprint density at radius 2 is 2.36 bits per heavy atom. The number of halogens is 2. The normalized spacial score (nSPS) is 27.7. The van der Waals surface area contributed by atoms with E-state index >= 15 is 0 Å². The van der Waals surface area contributed by atoms with Crippen molar-refractivity contribution < 1.29 is 4.79 Å². The van der Waals surface area contributed by atoms with Gasteiger partial charge in [-0.3, -0.25) is 4.79 Å². The van der Waals surface area contributed by atoms with E-state index in [1.165, 1.54) is 0 Å². The van der Waals surface area contributed by atoms with Gasteiger partial charge in [0.2, 0.25) is 5.91 Å². The predicted molar refractivity (Wildman–Crippen MR) is 58.7 cm³/mol. The molecule has 14 heavy (non-hydrogen) atoms. The molecule has 1 amide bonds. The Balaban J connectivity index is 2.29. The van der Waals surface area contributed by atoms with Gasteiger partial charge in [0.05, 0.1) is 6.04 Å². The van der Waals surface area contributed by atoms with Gasteiger partial charge in [-0.25, -0.2) is 0 Å². The average molecular weight is 239 g/mol. The summed E-state index contributed by atoms with van der Waals surface area (Å²) in [5, 5.41) is 5.88. The number of amides is 1. The Morgan fingerprint density at radius 3 is 2.93 bits per heavy atom. The van der Waals surface area contributed by atoms with Crippen LogP contribution in [-0.4, -0.2) is 29.9 Å². The highest BCUT2D eigenvalue weighted by molar-refractivity contribution is 6.44. The van der Waals surface area contributed by atoms with Crippen molar-refractivity contribution in [1.82, 2.24) is 10.6 Å². The first-order chi connectivity index (χ1) is 6.59. The lowest BCUT2D eigenvalue weighted by molar-refractivity contribution is -0.123. The number of carbonyl (C=O) groups excluding carboxylic acids is 1. The summed E-state index contributed by atoms with van der Waals surface area (Å²) in [6, 6.07) is -0.0779. The zero-order chi connectivity index (χ0) is 10.6. The first-order valence-corrected chi connectivity index (χ1v) is 5.76. The average Bonchev–Trinajstić information content (AvgIpc) is 2.14. The van der Waals surface area contributed by atoms with Crippen LogP contribution in [-0.2, 0) is 4.79 Å². The van der Waals surface area contributed by atoms with Crippen molar-refractivity contribution in [3.63, 3.8) is 0 Å². The molecule has 1 heterocycles. The third-order valence-electron chi connectivity index (χ3n) is 2.41. The van der Waals surface area contributed by atoms with Crippen LogP contribution < -0.4 is 10.6 Å². The highest BCUT2D eigenvalue weighted by atomic mass is 35.5. The van der Waals surface area contributed by atoms with Crippen LogP contribution in [0.1, 0.15) is 19.8 Å². The molecule has 3 nitrogen and oxygen atoms in total. The van der Waals surface area contributed by atoms with Gasteiger partial charge < -0.3 is 10.6 Å². The fourth-order valence-corrected chi connectivity index (χ4v) is 1.76. The van der Waals surface area contributed by atoms with E-state index < -0.39 is 4.84 Å². The molecular weight excluding hydrogens is 223 g/mol. The molecule has 0 spiro atoms. The molecule has 0 radical (unpaired) electrons. The van der Waals surface area contributed by atoms with Crippen molar-refractivity contribution in [2.75, 3.05) is 13.1 Å². The molecular formula is C9H16Cl2N2O. The second-order valence-electron chi connectivity index (χ2n) is 3.77. The summed E-state index contributed by atoms with van der Waals surface area (Å²) < 4.78 is 0.